The summed E-state index contributed by atoms with van der Waals surface area (Å²) in [4.78, 5) is 0. The van der Waals surface area contributed by atoms with Crippen LogP contribution in [0.5, 0.6) is 0 Å². The van der Waals surface area contributed by atoms with Gasteiger partial charge in [0.05, 0.1) is 13.2 Å². The van der Waals surface area contributed by atoms with Crippen molar-refractivity contribution in [2.45, 2.75) is 13.2 Å². The van der Waals surface area contributed by atoms with Crippen molar-refractivity contribution in [3.05, 3.63) is 63.9 Å². The lowest BCUT2D eigenvalue weighted by Crippen LogP contribution is -2.33. The van der Waals surface area contributed by atoms with E-state index in [0.717, 1.165) is 10.0 Å². The van der Waals surface area contributed by atoms with Crippen molar-refractivity contribution in [3.63, 3.8) is 0 Å². The zero-order valence-electron chi connectivity index (χ0n) is 10.6. The van der Waals surface area contributed by atoms with E-state index >= 15 is 0 Å². The van der Waals surface area contributed by atoms with E-state index in [4.69, 9.17) is 14.8 Å². The Labute approximate surface area is 125 Å². The molecule has 2 aromatic rings. The Morgan fingerprint density at radius 2 is 1.75 bits per heavy atom. The first-order chi connectivity index (χ1) is 9.56. The molecule has 3 nitrogen and oxygen atoms in total. The Morgan fingerprint density at radius 1 is 1.05 bits per heavy atom. The number of hydrogen-bond acceptors (Lipinski definition) is 3. The van der Waals surface area contributed by atoms with Gasteiger partial charge in [0.2, 0.25) is 0 Å². The van der Waals surface area contributed by atoms with Crippen molar-refractivity contribution >= 4 is 28.5 Å². The third-order valence-electron chi connectivity index (χ3n) is 2.77. The molecular weight excluding hydrogens is 326 g/mol. The topological polar surface area (TPSA) is 49.7 Å². The van der Waals surface area contributed by atoms with Gasteiger partial charge in [0.15, 0.2) is 0 Å². The molecule has 0 radical (unpaired) electrons. The van der Waals surface area contributed by atoms with Crippen molar-refractivity contribution in [1.29, 1.82) is 0 Å². The van der Waals surface area contributed by atoms with E-state index in [2.05, 4.69) is 15.9 Å². The minimum atomic E-state index is -1.82. The van der Waals surface area contributed by atoms with Crippen molar-refractivity contribution in [2.24, 2.45) is 0 Å². The Kier molecular flexibility index (Phi) is 5.31. The van der Waals surface area contributed by atoms with Gasteiger partial charge in [-0.3, -0.25) is 0 Å². The van der Waals surface area contributed by atoms with E-state index < -0.39 is 12.9 Å². The zero-order valence-corrected chi connectivity index (χ0v) is 12.2. The minimum Gasteiger partial charge on any atom is -0.423 e. The van der Waals surface area contributed by atoms with E-state index in [9.17, 15) is 4.39 Å². The summed E-state index contributed by atoms with van der Waals surface area (Å²) in [6.45, 7) is 0.695. The molecule has 2 aromatic carbocycles. The summed E-state index contributed by atoms with van der Waals surface area (Å²) in [6.07, 6.45) is 0. The third-order valence-corrected chi connectivity index (χ3v) is 3.26. The summed E-state index contributed by atoms with van der Waals surface area (Å²) in [7, 11) is -1.82. The molecule has 20 heavy (non-hydrogen) atoms. The molecule has 104 valence electrons. The van der Waals surface area contributed by atoms with Crippen LogP contribution in [0.15, 0.2) is 46.9 Å². The van der Waals surface area contributed by atoms with E-state index in [-0.39, 0.29) is 12.1 Å². The monoisotopic (exact) mass is 338 g/mol. The van der Waals surface area contributed by atoms with Crippen molar-refractivity contribution in [1.82, 2.24) is 0 Å². The number of ether oxygens (including phenoxy) is 1. The summed E-state index contributed by atoms with van der Waals surface area (Å²) in [5.41, 5.74) is 1.56. The van der Waals surface area contributed by atoms with Gasteiger partial charge in [-0.2, -0.15) is 0 Å². The van der Waals surface area contributed by atoms with Crippen LogP contribution in [0.3, 0.4) is 0 Å². The Balaban J connectivity index is 1.96. The molecule has 0 aliphatic carbocycles. The normalized spacial score (nSPS) is 10.6. The van der Waals surface area contributed by atoms with Gasteiger partial charge in [-0.25, -0.2) is 4.39 Å². The molecule has 0 spiro atoms. The van der Waals surface area contributed by atoms with Gasteiger partial charge >= 0.3 is 7.12 Å². The van der Waals surface area contributed by atoms with Crippen molar-refractivity contribution in [3.8, 4) is 0 Å². The number of hydrogen-bond donors (Lipinski definition) is 2. The second-order valence-corrected chi connectivity index (χ2v) is 5.27. The quantitative estimate of drug-likeness (QED) is 0.820. The fraction of sp³-hybridized carbons (Fsp3) is 0.143. The molecule has 2 rings (SSSR count). The molecule has 0 aliphatic rings. The molecule has 0 saturated heterocycles. The summed E-state index contributed by atoms with van der Waals surface area (Å²) in [5.74, 6) is -0.643. The van der Waals surface area contributed by atoms with Crippen LogP contribution < -0.4 is 5.46 Å². The van der Waals surface area contributed by atoms with Crippen LogP contribution in [0.25, 0.3) is 0 Å². The summed E-state index contributed by atoms with van der Waals surface area (Å²) >= 11 is 3.38. The van der Waals surface area contributed by atoms with Crippen LogP contribution in [0.4, 0.5) is 4.39 Å². The molecule has 0 saturated carbocycles. The van der Waals surface area contributed by atoms with Crippen molar-refractivity contribution < 1.29 is 19.2 Å². The molecule has 0 aliphatic heterocycles. The highest BCUT2D eigenvalue weighted by atomic mass is 79.9. The molecule has 2 N–H and O–H groups in total. The van der Waals surface area contributed by atoms with Crippen LogP contribution in [-0.2, 0) is 18.0 Å². The van der Waals surface area contributed by atoms with Crippen LogP contribution >= 0.6 is 15.9 Å². The number of rotatable bonds is 5. The third kappa shape index (κ3) is 4.14. The predicted molar refractivity (Wildman–Crippen MR) is 78.9 cm³/mol. The van der Waals surface area contributed by atoms with Crippen LogP contribution in [0, 0.1) is 5.82 Å². The predicted octanol–water partition coefficient (Wildman–Crippen LogP) is 1.98. The highest BCUT2D eigenvalue weighted by Gasteiger charge is 2.16. The largest absolute Gasteiger partial charge is 0.491 e. The lowest BCUT2D eigenvalue weighted by atomic mass is 9.79. The van der Waals surface area contributed by atoms with E-state index in [1.807, 2.05) is 24.3 Å². The van der Waals surface area contributed by atoms with E-state index in [1.165, 1.54) is 12.1 Å². The Morgan fingerprint density at radius 3 is 2.40 bits per heavy atom. The molecule has 0 fully saturated rings. The molecule has 0 bridgehead atoms. The maximum atomic E-state index is 13.3. The van der Waals surface area contributed by atoms with Crippen LogP contribution in [-0.4, -0.2) is 17.2 Å². The second kappa shape index (κ2) is 6.99. The number of benzene rings is 2. The van der Waals surface area contributed by atoms with Crippen LogP contribution in [0.2, 0.25) is 0 Å². The molecule has 6 heteroatoms. The molecule has 0 heterocycles. The zero-order chi connectivity index (χ0) is 14.5. The highest BCUT2D eigenvalue weighted by Crippen LogP contribution is 2.13. The second-order valence-electron chi connectivity index (χ2n) is 4.35. The van der Waals surface area contributed by atoms with E-state index in [1.54, 1.807) is 6.07 Å². The first kappa shape index (κ1) is 15.2. The average Bonchev–Trinajstić information content (AvgIpc) is 2.40. The minimum absolute atomic E-state index is 0.145. The van der Waals surface area contributed by atoms with Gasteiger partial charge in [-0.15, -0.1) is 0 Å². The van der Waals surface area contributed by atoms with Gasteiger partial charge in [0.1, 0.15) is 5.82 Å². The summed E-state index contributed by atoms with van der Waals surface area (Å²) in [5, 5.41) is 18.1. The smallest absolute Gasteiger partial charge is 0.423 e. The fourth-order valence-electron chi connectivity index (χ4n) is 1.79. The number of halogens is 2. The van der Waals surface area contributed by atoms with E-state index in [0.29, 0.717) is 12.2 Å². The highest BCUT2D eigenvalue weighted by molar-refractivity contribution is 9.10. The van der Waals surface area contributed by atoms with Crippen LogP contribution in [0.1, 0.15) is 11.1 Å². The Hall–Kier alpha value is -1.21. The van der Waals surface area contributed by atoms with Gasteiger partial charge in [-0.1, -0.05) is 40.2 Å². The fourth-order valence-corrected chi connectivity index (χ4v) is 2.24. The lowest BCUT2D eigenvalue weighted by molar-refractivity contribution is 0.107. The maximum Gasteiger partial charge on any atom is 0.491 e. The molecule has 0 aromatic heterocycles. The SMILES string of the molecule is OB(O)c1cc(COCc2cccc(Br)c2)ccc1F. The average molecular weight is 339 g/mol. The molecule has 0 unspecified atom stereocenters. The Bertz CT molecular complexity index is 592. The standard InChI is InChI=1S/C14H13BBrFO3/c16-12-3-1-2-10(6-12)8-20-9-11-4-5-14(17)13(7-11)15(18)19/h1-7,18-19H,8-9H2. The molecular formula is C14H13BBrFO3. The summed E-state index contributed by atoms with van der Waals surface area (Å²) < 4.78 is 19.8. The first-order valence-electron chi connectivity index (χ1n) is 6.03. The van der Waals surface area contributed by atoms with Gasteiger partial charge in [0, 0.05) is 9.94 Å². The lowest BCUT2D eigenvalue weighted by Gasteiger charge is -2.08. The first-order valence-corrected chi connectivity index (χ1v) is 6.82. The van der Waals surface area contributed by atoms with Gasteiger partial charge in [0.25, 0.3) is 0 Å². The van der Waals surface area contributed by atoms with Gasteiger partial charge in [-0.05, 0) is 29.3 Å². The summed E-state index contributed by atoms with van der Waals surface area (Å²) in [6, 6.07) is 11.9. The molecule has 0 atom stereocenters. The van der Waals surface area contributed by atoms with Crippen molar-refractivity contribution in [2.75, 3.05) is 0 Å². The molecule has 0 amide bonds. The maximum absolute atomic E-state index is 13.3. The van der Waals surface area contributed by atoms with Gasteiger partial charge < -0.3 is 14.8 Å².